The van der Waals surface area contributed by atoms with E-state index in [1.54, 1.807) is 24.1 Å². The van der Waals surface area contributed by atoms with E-state index in [1.807, 2.05) is 36.4 Å². The summed E-state index contributed by atoms with van der Waals surface area (Å²) in [6.07, 6.45) is 4.41. The van der Waals surface area contributed by atoms with Crippen molar-refractivity contribution in [3.8, 4) is 0 Å². The van der Waals surface area contributed by atoms with Gasteiger partial charge < -0.3 is 9.52 Å². The zero-order valence-electron chi connectivity index (χ0n) is 10.3. The molecule has 0 amide bonds. The molecule has 4 heteroatoms. The number of benzene rings is 1. The van der Waals surface area contributed by atoms with Gasteiger partial charge in [-0.15, -0.1) is 11.8 Å². The number of carboxylic acids is 1. The summed E-state index contributed by atoms with van der Waals surface area (Å²) in [7, 11) is 0. The van der Waals surface area contributed by atoms with Crippen LogP contribution in [-0.4, -0.2) is 11.1 Å². The van der Waals surface area contributed by atoms with Gasteiger partial charge in [-0.3, -0.25) is 0 Å². The van der Waals surface area contributed by atoms with E-state index in [4.69, 9.17) is 9.52 Å². The highest BCUT2D eigenvalue weighted by atomic mass is 32.2. The molecular weight excluding hydrogens is 260 g/mol. The molecule has 0 atom stereocenters. The van der Waals surface area contributed by atoms with Crippen LogP contribution in [0.15, 0.2) is 53.2 Å². The minimum absolute atomic E-state index is 0.855. The molecule has 1 heterocycles. The molecule has 3 nitrogen and oxygen atoms in total. The Kier molecular flexibility index (Phi) is 4.86. The van der Waals surface area contributed by atoms with Crippen molar-refractivity contribution in [1.29, 1.82) is 0 Å². The average Bonchev–Trinajstić information content (AvgIpc) is 2.91. The van der Waals surface area contributed by atoms with E-state index in [9.17, 15) is 4.79 Å². The number of carboxylic acid groups (broad SMARTS) is 1. The molecule has 0 aliphatic rings. The second-order valence-electron chi connectivity index (χ2n) is 3.99. The van der Waals surface area contributed by atoms with Gasteiger partial charge in [0.05, 0.1) is 12.0 Å². The summed E-state index contributed by atoms with van der Waals surface area (Å²) in [5, 5.41) is 8.54. The van der Waals surface area contributed by atoms with Crippen molar-refractivity contribution in [2.45, 2.75) is 11.5 Å². The van der Waals surface area contributed by atoms with Crippen LogP contribution in [-0.2, 0) is 16.3 Å². The monoisotopic (exact) mass is 274 g/mol. The summed E-state index contributed by atoms with van der Waals surface area (Å²) in [5.41, 5.74) is 2.10. The highest BCUT2D eigenvalue weighted by Crippen LogP contribution is 2.18. The lowest BCUT2D eigenvalue weighted by Crippen LogP contribution is -1.86. The maximum atomic E-state index is 10.4. The minimum Gasteiger partial charge on any atom is -0.478 e. The maximum absolute atomic E-state index is 10.4. The van der Waals surface area contributed by atoms with E-state index in [-0.39, 0.29) is 0 Å². The smallest absolute Gasteiger partial charge is 0.328 e. The van der Waals surface area contributed by atoms with Crippen LogP contribution in [0.5, 0.6) is 0 Å². The predicted octanol–water partition coefficient (Wildman–Crippen LogP) is 3.81. The van der Waals surface area contributed by atoms with Crippen LogP contribution in [0, 0.1) is 0 Å². The number of rotatable bonds is 6. The van der Waals surface area contributed by atoms with Gasteiger partial charge in [0.25, 0.3) is 0 Å². The summed E-state index contributed by atoms with van der Waals surface area (Å²) < 4.78 is 5.26. The summed E-state index contributed by atoms with van der Waals surface area (Å²) >= 11 is 1.78. The Bertz CT molecular complexity index is 541. The molecule has 0 radical (unpaired) electrons. The van der Waals surface area contributed by atoms with Gasteiger partial charge in [0.1, 0.15) is 5.76 Å². The Labute approximate surface area is 115 Å². The molecule has 1 aromatic heterocycles. The van der Waals surface area contributed by atoms with Crippen LogP contribution in [0.4, 0.5) is 0 Å². The topological polar surface area (TPSA) is 50.4 Å². The minimum atomic E-state index is -0.932. The Balaban J connectivity index is 1.83. The predicted molar refractivity (Wildman–Crippen MR) is 76.8 cm³/mol. The Morgan fingerprint density at radius 2 is 2.00 bits per heavy atom. The van der Waals surface area contributed by atoms with Crippen molar-refractivity contribution in [1.82, 2.24) is 0 Å². The summed E-state index contributed by atoms with van der Waals surface area (Å²) in [4.78, 5) is 10.4. The van der Waals surface area contributed by atoms with E-state index >= 15 is 0 Å². The highest BCUT2D eigenvalue weighted by molar-refractivity contribution is 7.97. The second-order valence-corrected chi connectivity index (χ2v) is 4.97. The van der Waals surface area contributed by atoms with E-state index in [2.05, 4.69) is 0 Å². The molecule has 0 aliphatic heterocycles. The van der Waals surface area contributed by atoms with Gasteiger partial charge in [-0.05, 0) is 29.3 Å². The largest absolute Gasteiger partial charge is 0.478 e. The zero-order chi connectivity index (χ0) is 13.5. The van der Waals surface area contributed by atoms with Crippen molar-refractivity contribution in [2.24, 2.45) is 0 Å². The van der Waals surface area contributed by atoms with Crippen molar-refractivity contribution in [2.75, 3.05) is 0 Å². The molecule has 0 bridgehead atoms. The molecule has 0 saturated heterocycles. The third kappa shape index (κ3) is 4.67. The molecule has 98 valence electrons. The van der Waals surface area contributed by atoms with Gasteiger partial charge in [-0.2, -0.15) is 0 Å². The quantitative estimate of drug-likeness (QED) is 0.814. The number of hydrogen-bond donors (Lipinski definition) is 1. The summed E-state index contributed by atoms with van der Waals surface area (Å²) in [5.74, 6) is 1.81. The van der Waals surface area contributed by atoms with Gasteiger partial charge in [0.15, 0.2) is 0 Å². The number of hydrogen-bond acceptors (Lipinski definition) is 3. The zero-order valence-corrected chi connectivity index (χ0v) is 11.1. The van der Waals surface area contributed by atoms with Gasteiger partial charge in [-0.25, -0.2) is 4.79 Å². The molecule has 2 rings (SSSR count). The third-order valence-electron chi connectivity index (χ3n) is 2.49. The molecule has 2 aromatic rings. The fourth-order valence-corrected chi connectivity index (χ4v) is 2.45. The van der Waals surface area contributed by atoms with Crippen LogP contribution in [0.25, 0.3) is 6.08 Å². The fraction of sp³-hybridized carbons (Fsp3) is 0.133. The van der Waals surface area contributed by atoms with Gasteiger partial charge in [0.2, 0.25) is 0 Å². The molecule has 0 fully saturated rings. The van der Waals surface area contributed by atoms with Gasteiger partial charge >= 0.3 is 5.97 Å². The van der Waals surface area contributed by atoms with Gasteiger partial charge in [0, 0.05) is 11.8 Å². The SMILES string of the molecule is O=C(O)C=Cc1ccc(CSCc2ccco2)cc1. The lowest BCUT2D eigenvalue weighted by molar-refractivity contribution is -0.131. The first-order valence-electron chi connectivity index (χ1n) is 5.84. The maximum Gasteiger partial charge on any atom is 0.328 e. The Morgan fingerprint density at radius 3 is 2.63 bits per heavy atom. The first-order valence-corrected chi connectivity index (χ1v) is 6.99. The van der Waals surface area contributed by atoms with E-state index < -0.39 is 5.97 Å². The third-order valence-corrected chi connectivity index (χ3v) is 3.52. The van der Waals surface area contributed by atoms with Crippen molar-refractivity contribution >= 4 is 23.8 Å². The lowest BCUT2D eigenvalue weighted by Gasteiger charge is -2.01. The van der Waals surface area contributed by atoms with Crippen LogP contribution in [0.3, 0.4) is 0 Å². The Hall–Kier alpha value is -1.94. The fourth-order valence-electron chi connectivity index (χ4n) is 1.56. The van der Waals surface area contributed by atoms with Crippen LogP contribution >= 0.6 is 11.8 Å². The summed E-state index contributed by atoms with van der Waals surface area (Å²) in [6.45, 7) is 0. The first-order chi connectivity index (χ1) is 9.24. The molecule has 0 saturated carbocycles. The van der Waals surface area contributed by atoms with E-state index in [0.29, 0.717) is 0 Å². The lowest BCUT2D eigenvalue weighted by atomic mass is 10.1. The average molecular weight is 274 g/mol. The normalized spacial score (nSPS) is 10.9. The number of aliphatic carboxylic acids is 1. The molecule has 0 spiro atoms. The molecule has 1 aromatic carbocycles. The van der Waals surface area contributed by atoms with Crippen molar-refractivity contribution in [3.05, 3.63) is 65.6 Å². The van der Waals surface area contributed by atoms with Crippen LogP contribution in [0.1, 0.15) is 16.9 Å². The molecule has 0 unspecified atom stereocenters. The standard InChI is InChI=1S/C15H14O3S/c16-15(17)8-7-12-3-5-13(6-4-12)10-19-11-14-2-1-9-18-14/h1-9H,10-11H2,(H,16,17). The number of thioether (sulfide) groups is 1. The van der Waals surface area contributed by atoms with Crippen LogP contribution in [0.2, 0.25) is 0 Å². The second kappa shape index (κ2) is 6.85. The summed E-state index contributed by atoms with van der Waals surface area (Å²) in [6, 6.07) is 11.7. The van der Waals surface area contributed by atoms with E-state index in [1.165, 1.54) is 5.56 Å². The molecule has 0 aliphatic carbocycles. The number of carbonyl (C=O) groups is 1. The molecule has 1 N–H and O–H groups in total. The first kappa shape index (κ1) is 13.5. The highest BCUT2D eigenvalue weighted by Gasteiger charge is 1.98. The van der Waals surface area contributed by atoms with Crippen molar-refractivity contribution in [3.63, 3.8) is 0 Å². The molecule has 19 heavy (non-hydrogen) atoms. The number of furan rings is 1. The molecular formula is C15H14O3S. The van der Waals surface area contributed by atoms with E-state index in [0.717, 1.165) is 28.9 Å². The van der Waals surface area contributed by atoms with Gasteiger partial charge in [-0.1, -0.05) is 24.3 Å². The Morgan fingerprint density at radius 1 is 1.21 bits per heavy atom. The van der Waals surface area contributed by atoms with Crippen LogP contribution < -0.4 is 0 Å². The van der Waals surface area contributed by atoms with Crippen molar-refractivity contribution < 1.29 is 14.3 Å².